The molecular weight excluding hydrogens is 508 g/mol. The Labute approximate surface area is 209 Å². The van der Waals surface area contributed by atoms with Gasteiger partial charge in [-0.05, 0) is 93.5 Å². The molecule has 3 rings (SSSR count). The van der Waals surface area contributed by atoms with Crippen LogP contribution in [0.4, 0.5) is 0 Å². The SMILES string of the molecule is Cc1cc(C)c(S(=O)(=O)NCCN([C@H]2CCS(=O)(=O)C2)S(=O)(=O)c2cc(C)c(C)cc2C)cc1C. The standard InChI is InChI=1S/C24H34N2O6S3/c1-16-11-20(5)23(13-18(16)3)34(29,30)25-8-9-26(22-7-10-33(27,28)15-22)35(31,32)24-14-19(4)17(2)12-21(24)6/h11-14,22,25H,7-10,15H2,1-6H3/t22-/m0/s1. The normalized spacial score (nSPS) is 18.3. The Morgan fingerprint density at radius 2 is 1.29 bits per heavy atom. The molecule has 1 heterocycles. The third-order valence-electron chi connectivity index (χ3n) is 6.70. The Balaban J connectivity index is 1.92. The van der Waals surface area contributed by atoms with Gasteiger partial charge in [-0.25, -0.2) is 30.0 Å². The maximum absolute atomic E-state index is 13.7. The molecular formula is C24H34N2O6S3. The fourth-order valence-electron chi connectivity index (χ4n) is 4.43. The largest absolute Gasteiger partial charge is 0.243 e. The van der Waals surface area contributed by atoms with Crippen molar-refractivity contribution in [3.8, 4) is 0 Å². The fourth-order valence-corrected chi connectivity index (χ4v) is 9.53. The van der Waals surface area contributed by atoms with Crippen molar-refractivity contribution in [1.82, 2.24) is 9.03 Å². The van der Waals surface area contributed by atoms with Gasteiger partial charge in [0.1, 0.15) is 0 Å². The maximum atomic E-state index is 13.7. The van der Waals surface area contributed by atoms with Gasteiger partial charge in [0.05, 0.1) is 21.3 Å². The molecule has 194 valence electrons. The molecule has 0 saturated carbocycles. The van der Waals surface area contributed by atoms with Crippen LogP contribution in [0.25, 0.3) is 0 Å². The third kappa shape index (κ3) is 5.96. The van der Waals surface area contributed by atoms with Gasteiger partial charge in [0.25, 0.3) is 0 Å². The van der Waals surface area contributed by atoms with Crippen LogP contribution in [0.5, 0.6) is 0 Å². The van der Waals surface area contributed by atoms with Gasteiger partial charge >= 0.3 is 0 Å². The average molecular weight is 543 g/mol. The molecule has 0 spiro atoms. The Bertz CT molecular complexity index is 1460. The summed E-state index contributed by atoms with van der Waals surface area (Å²) >= 11 is 0. The van der Waals surface area contributed by atoms with Crippen molar-refractivity contribution in [1.29, 1.82) is 0 Å². The molecule has 1 aliphatic heterocycles. The van der Waals surface area contributed by atoms with E-state index in [-0.39, 0.29) is 40.8 Å². The van der Waals surface area contributed by atoms with Gasteiger partial charge in [0.2, 0.25) is 20.0 Å². The molecule has 0 bridgehead atoms. The number of hydrogen-bond donors (Lipinski definition) is 1. The van der Waals surface area contributed by atoms with Crippen LogP contribution >= 0.6 is 0 Å². The topological polar surface area (TPSA) is 118 Å². The molecule has 1 aliphatic rings. The van der Waals surface area contributed by atoms with Crippen molar-refractivity contribution < 1.29 is 25.3 Å². The van der Waals surface area contributed by atoms with Crippen LogP contribution in [-0.4, -0.2) is 60.2 Å². The van der Waals surface area contributed by atoms with Crippen molar-refractivity contribution in [2.24, 2.45) is 0 Å². The van der Waals surface area contributed by atoms with Crippen LogP contribution in [-0.2, 0) is 29.9 Å². The minimum absolute atomic E-state index is 0.0941. The first-order chi connectivity index (χ1) is 16.0. The van der Waals surface area contributed by atoms with Crippen molar-refractivity contribution >= 4 is 29.9 Å². The Morgan fingerprint density at radius 1 is 0.800 bits per heavy atom. The number of benzene rings is 2. The highest BCUT2D eigenvalue weighted by Gasteiger charge is 2.39. The second-order valence-electron chi connectivity index (χ2n) is 9.47. The number of nitrogens with zero attached hydrogens (tertiary/aromatic N) is 1. The Hall–Kier alpha value is -1.79. The minimum Gasteiger partial charge on any atom is -0.229 e. The Kier molecular flexibility index (Phi) is 7.88. The zero-order valence-electron chi connectivity index (χ0n) is 21.0. The second-order valence-corrected chi connectivity index (χ2v) is 15.3. The molecule has 1 atom stereocenters. The molecule has 1 saturated heterocycles. The van der Waals surface area contributed by atoms with E-state index < -0.39 is 35.9 Å². The fraction of sp³-hybridized carbons (Fsp3) is 0.500. The van der Waals surface area contributed by atoms with E-state index in [1.165, 1.54) is 0 Å². The summed E-state index contributed by atoms with van der Waals surface area (Å²) in [6, 6.07) is 6.03. The highest BCUT2D eigenvalue weighted by Crippen LogP contribution is 2.28. The van der Waals surface area contributed by atoms with Crippen LogP contribution in [0.15, 0.2) is 34.1 Å². The van der Waals surface area contributed by atoms with E-state index in [2.05, 4.69) is 4.72 Å². The predicted octanol–water partition coefficient (Wildman–Crippen LogP) is 2.69. The number of nitrogens with one attached hydrogen (secondary N) is 1. The van der Waals surface area contributed by atoms with Gasteiger partial charge in [-0.1, -0.05) is 12.1 Å². The molecule has 2 aromatic carbocycles. The number of sulfone groups is 1. The molecule has 0 amide bonds. The maximum Gasteiger partial charge on any atom is 0.243 e. The average Bonchev–Trinajstić information content (AvgIpc) is 3.09. The van der Waals surface area contributed by atoms with E-state index >= 15 is 0 Å². The summed E-state index contributed by atoms with van der Waals surface area (Å²) in [5, 5.41) is 0. The molecule has 1 fully saturated rings. The number of rotatable bonds is 8. The van der Waals surface area contributed by atoms with E-state index in [1.807, 2.05) is 27.7 Å². The predicted molar refractivity (Wildman–Crippen MR) is 137 cm³/mol. The first-order valence-electron chi connectivity index (χ1n) is 11.4. The van der Waals surface area contributed by atoms with Crippen LogP contribution in [0.3, 0.4) is 0 Å². The summed E-state index contributed by atoms with van der Waals surface area (Å²) in [7, 11) is -11.3. The van der Waals surface area contributed by atoms with Gasteiger partial charge < -0.3 is 0 Å². The molecule has 11 heteroatoms. The monoisotopic (exact) mass is 542 g/mol. The first-order valence-corrected chi connectivity index (χ1v) is 16.2. The molecule has 0 unspecified atom stereocenters. The van der Waals surface area contributed by atoms with Crippen molar-refractivity contribution in [3.05, 3.63) is 57.6 Å². The lowest BCUT2D eigenvalue weighted by molar-refractivity contribution is 0.343. The van der Waals surface area contributed by atoms with Gasteiger partial charge in [-0.3, -0.25) is 0 Å². The first kappa shape index (κ1) is 27.8. The van der Waals surface area contributed by atoms with Crippen LogP contribution in [0, 0.1) is 41.5 Å². The number of hydrogen-bond acceptors (Lipinski definition) is 6. The van der Waals surface area contributed by atoms with E-state index in [0.717, 1.165) is 26.6 Å². The van der Waals surface area contributed by atoms with Crippen molar-refractivity contribution in [2.45, 2.75) is 63.8 Å². The highest BCUT2D eigenvalue weighted by atomic mass is 32.2. The van der Waals surface area contributed by atoms with Gasteiger partial charge in [0.15, 0.2) is 9.84 Å². The molecule has 0 aromatic heterocycles. The van der Waals surface area contributed by atoms with E-state index in [9.17, 15) is 25.3 Å². The second kappa shape index (κ2) is 9.93. The molecule has 35 heavy (non-hydrogen) atoms. The Morgan fingerprint density at radius 3 is 1.80 bits per heavy atom. The van der Waals surface area contributed by atoms with Gasteiger partial charge in [-0.2, -0.15) is 4.31 Å². The van der Waals surface area contributed by atoms with Gasteiger partial charge in [-0.15, -0.1) is 0 Å². The number of aryl methyl sites for hydroxylation is 6. The zero-order chi connectivity index (χ0) is 26.3. The molecule has 1 N–H and O–H groups in total. The molecule has 0 aliphatic carbocycles. The highest BCUT2D eigenvalue weighted by molar-refractivity contribution is 7.92. The summed E-state index contributed by atoms with van der Waals surface area (Å²) in [5.41, 5.74) is 4.72. The van der Waals surface area contributed by atoms with Crippen LogP contribution in [0.2, 0.25) is 0 Å². The lowest BCUT2D eigenvalue weighted by Gasteiger charge is -2.28. The third-order valence-corrected chi connectivity index (χ3v) is 12.1. The lowest BCUT2D eigenvalue weighted by atomic mass is 10.1. The lowest BCUT2D eigenvalue weighted by Crippen LogP contribution is -2.45. The van der Waals surface area contributed by atoms with E-state index in [1.54, 1.807) is 38.1 Å². The van der Waals surface area contributed by atoms with E-state index in [0.29, 0.717) is 11.1 Å². The summed E-state index contributed by atoms with van der Waals surface area (Å²) in [5.74, 6) is -0.373. The smallest absolute Gasteiger partial charge is 0.229 e. The van der Waals surface area contributed by atoms with Gasteiger partial charge in [0, 0.05) is 19.1 Å². The summed E-state index contributed by atoms with van der Waals surface area (Å²) in [6.07, 6.45) is 0.175. The van der Waals surface area contributed by atoms with Crippen molar-refractivity contribution in [2.75, 3.05) is 24.6 Å². The van der Waals surface area contributed by atoms with Crippen LogP contribution in [0.1, 0.15) is 39.8 Å². The van der Waals surface area contributed by atoms with Crippen molar-refractivity contribution in [3.63, 3.8) is 0 Å². The van der Waals surface area contributed by atoms with E-state index in [4.69, 9.17) is 0 Å². The quantitative estimate of drug-likeness (QED) is 0.548. The summed E-state index contributed by atoms with van der Waals surface area (Å²) in [4.78, 5) is 0.251. The minimum atomic E-state index is -4.07. The molecule has 0 radical (unpaired) electrons. The number of sulfonamides is 2. The van der Waals surface area contributed by atoms with Crippen LogP contribution < -0.4 is 4.72 Å². The molecule has 8 nitrogen and oxygen atoms in total. The summed E-state index contributed by atoms with van der Waals surface area (Å²) in [6.45, 7) is 10.5. The zero-order valence-corrected chi connectivity index (χ0v) is 23.5. The molecule has 2 aromatic rings. The summed E-state index contributed by atoms with van der Waals surface area (Å²) < 4.78 is 81.5.